The molecule has 0 saturated heterocycles. The molecular weight excluding hydrogens is 384 g/mol. The molecule has 8 nitrogen and oxygen atoms in total. The van der Waals surface area contributed by atoms with Crippen molar-refractivity contribution >= 4 is 23.3 Å². The number of unbranched alkanes of at least 4 members (excludes halogenated alkanes) is 1. The molecule has 2 rings (SSSR count). The number of carboxylic acids is 1. The van der Waals surface area contributed by atoms with Gasteiger partial charge in [0.25, 0.3) is 0 Å². The van der Waals surface area contributed by atoms with E-state index in [1.54, 1.807) is 24.3 Å². The normalized spacial score (nSPS) is 19.2. The predicted molar refractivity (Wildman–Crippen MR) is 118 cm³/mol. The second-order valence-corrected chi connectivity index (χ2v) is 7.82. The number of anilines is 1. The molecule has 0 radical (unpaired) electrons. The molecule has 0 heterocycles. The van der Waals surface area contributed by atoms with Crippen molar-refractivity contribution in [3.63, 3.8) is 0 Å². The molecule has 1 saturated carbocycles. The highest BCUT2D eigenvalue weighted by Crippen LogP contribution is 2.28. The number of nitrogens with one attached hydrogen (secondary N) is 1. The summed E-state index contributed by atoms with van der Waals surface area (Å²) in [6.07, 6.45) is 5.47. The van der Waals surface area contributed by atoms with Gasteiger partial charge in [-0.2, -0.15) is 0 Å². The number of carbonyl (C=O) groups is 3. The lowest BCUT2D eigenvalue weighted by Crippen LogP contribution is -2.44. The van der Waals surface area contributed by atoms with Crippen LogP contribution in [0.1, 0.15) is 62.2 Å². The van der Waals surface area contributed by atoms with E-state index in [-0.39, 0.29) is 17.6 Å². The summed E-state index contributed by atoms with van der Waals surface area (Å²) in [4.78, 5) is 34.0. The van der Waals surface area contributed by atoms with Gasteiger partial charge in [-0.1, -0.05) is 0 Å². The topological polar surface area (TPSA) is 162 Å². The van der Waals surface area contributed by atoms with Crippen molar-refractivity contribution in [3.8, 4) is 0 Å². The number of nitrogen functional groups attached to an aromatic ring is 1. The number of rotatable bonds is 9. The molecule has 1 fully saturated rings. The van der Waals surface area contributed by atoms with Crippen LogP contribution in [0.2, 0.25) is 0 Å². The average molecular weight is 421 g/mol. The number of amides is 1. The van der Waals surface area contributed by atoms with E-state index in [2.05, 4.69) is 5.32 Å². The van der Waals surface area contributed by atoms with E-state index in [0.717, 1.165) is 32.1 Å². The minimum Gasteiger partial charge on any atom is -0.480 e. The quantitative estimate of drug-likeness (QED) is 0.231. The maximum Gasteiger partial charge on any atom is 0.326 e. The van der Waals surface area contributed by atoms with Gasteiger partial charge in [0.05, 0.1) is 0 Å². The van der Waals surface area contributed by atoms with Gasteiger partial charge in [0.2, 0.25) is 5.91 Å². The Labute approximate surface area is 178 Å². The van der Waals surface area contributed by atoms with Gasteiger partial charge in [0.15, 0.2) is 5.78 Å². The Morgan fingerprint density at radius 1 is 1.07 bits per heavy atom. The predicted octanol–water partition coefficient (Wildman–Crippen LogP) is 1.92. The van der Waals surface area contributed by atoms with Crippen LogP contribution in [0.4, 0.5) is 5.69 Å². The van der Waals surface area contributed by atoms with Gasteiger partial charge in [-0.3, -0.25) is 9.59 Å². The first-order valence-corrected chi connectivity index (χ1v) is 10.6. The van der Waals surface area contributed by atoms with Crippen LogP contribution in [-0.4, -0.2) is 41.9 Å². The number of benzene rings is 1. The summed E-state index contributed by atoms with van der Waals surface area (Å²) in [5.41, 5.74) is 17.8. The fourth-order valence-electron chi connectivity index (χ4n) is 3.42. The molecule has 0 aromatic heterocycles. The second-order valence-electron chi connectivity index (χ2n) is 7.82. The lowest BCUT2D eigenvalue weighted by molar-refractivity contribution is -0.143. The van der Waals surface area contributed by atoms with Crippen molar-refractivity contribution in [2.45, 2.75) is 57.9 Å². The highest BCUT2D eigenvalue weighted by Gasteiger charge is 2.28. The Kier molecular flexibility index (Phi) is 11.7. The van der Waals surface area contributed by atoms with Gasteiger partial charge < -0.3 is 27.6 Å². The third-order valence-corrected chi connectivity index (χ3v) is 5.43. The maximum atomic E-state index is 12.1. The summed E-state index contributed by atoms with van der Waals surface area (Å²) in [6, 6.07) is 6.09. The Morgan fingerprint density at radius 2 is 1.67 bits per heavy atom. The van der Waals surface area contributed by atoms with Crippen LogP contribution in [0.5, 0.6) is 0 Å². The summed E-state index contributed by atoms with van der Waals surface area (Å²) in [6.45, 7) is 2.75. The summed E-state index contributed by atoms with van der Waals surface area (Å²) >= 11 is 0. The second kappa shape index (κ2) is 13.7. The van der Waals surface area contributed by atoms with Gasteiger partial charge in [0.1, 0.15) is 6.04 Å². The zero-order valence-electron chi connectivity index (χ0n) is 17.8. The van der Waals surface area contributed by atoms with Crippen LogP contribution < -0.4 is 22.5 Å². The molecule has 0 unspecified atom stereocenters. The molecule has 8 N–H and O–H groups in total. The van der Waals surface area contributed by atoms with Crippen LogP contribution in [-0.2, 0) is 9.59 Å². The van der Waals surface area contributed by atoms with E-state index in [0.29, 0.717) is 43.1 Å². The molecule has 0 spiro atoms. The SMILES string of the molecule is CC(=O)c1ccc(N)cc1.NCCCC[C@H](NC(=O)[C@H]1CC[C@H](CN)CC1)C(=O)O. The van der Waals surface area contributed by atoms with Crippen LogP contribution in [0, 0.1) is 11.8 Å². The van der Waals surface area contributed by atoms with E-state index in [1.807, 2.05) is 0 Å². The Bertz CT molecular complexity index is 670. The molecule has 1 aliphatic carbocycles. The summed E-state index contributed by atoms with van der Waals surface area (Å²) < 4.78 is 0. The molecule has 1 amide bonds. The number of Topliss-reactive ketones (excluding diaryl/α,β-unsaturated/α-hetero) is 1. The van der Waals surface area contributed by atoms with Crippen molar-refractivity contribution < 1.29 is 19.5 Å². The summed E-state index contributed by atoms with van der Waals surface area (Å²) in [5.74, 6) is -0.570. The minimum absolute atomic E-state index is 0.0610. The van der Waals surface area contributed by atoms with Crippen LogP contribution in [0.15, 0.2) is 24.3 Å². The summed E-state index contributed by atoms with van der Waals surface area (Å²) in [5, 5.41) is 11.8. The fourth-order valence-corrected chi connectivity index (χ4v) is 3.42. The lowest BCUT2D eigenvalue weighted by Gasteiger charge is -2.27. The molecule has 0 aliphatic heterocycles. The van der Waals surface area contributed by atoms with Gasteiger partial charge in [0, 0.05) is 17.2 Å². The van der Waals surface area contributed by atoms with Gasteiger partial charge in [-0.15, -0.1) is 0 Å². The Morgan fingerprint density at radius 3 is 2.13 bits per heavy atom. The first-order valence-electron chi connectivity index (χ1n) is 10.6. The van der Waals surface area contributed by atoms with Gasteiger partial charge in [-0.05, 0) is 95.1 Å². The molecule has 8 heteroatoms. The number of ketones is 1. The smallest absolute Gasteiger partial charge is 0.326 e. The number of nitrogens with two attached hydrogens (primary N) is 3. The number of carbonyl (C=O) groups excluding carboxylic acids is 2. The summed E-state index contributed by atoms with van der Waals surface area (Å²) in [7, 11) is 0. The van der Waals surface area contributed by atoms with Gasteiger partial charge >= 0.3 is 5.97 Å². The third kappa shape index (κ3) is 9.37. The number of carboxylic acid groups (broad SMARTS) is 1. The molecule has 30 heavy (non-hydrogen) atoms. The molecule has 1 aliphatic rings. The number of hydrogen-bond acceptors (Lipinski definition) is 6. The molecular formula is C22H36N4O4. The highest BCUT2D eigenvalue weighted by molar-refractivity contribution is 5.94. The minimum atomic E-state index is -0.967. The Hall–Kier alpha value is -2.45. The van der Waals surface area contributed by atoms with Crippen molar-refractivity contribution in [1.29, 1.82) is 0 Å². The van der Waals surface area contributed by atoms with Crippen molar-refractivity contribution in [3.05, 3.63) is 29.8 Å². The molecule has 1 aromatic carbocycles. The molecule has 1 aromatic rings. The van der Waals surface area contributed by atoms with E-state index in [1.165, 1.54) is 6.92 Å². The molecule has 168 valence electrons. The van der Waals surface area contributed by atoms with Crippen LogP contribution in [0.3, 0.4) is 0 Å². The molecule has 1 atom stereocenters. The van der Waals surface area contributed by atoms with Crippen molar-refractivity contribution in [2.75, 3.05) is 18.8 Å². The first-order chi connectivity index (χ1) is 14.3. The van der Waals surface area contributed by atoms with E-state index >= 15 is 0 Å². The largest absolute Gasteiger partial charge is 0.480 e. The lowest BCUT2D eigenvalue weighted by atomic mass is 9.81. The maximum absolute atomic E-state index is 12.1. The molecule has 0 bridgehead atoms. The van der Waals surface area contributed by atoms with Crippen LogP contribution >= 0.6 is 0 Å². The van der Waals surface area contributed by atoms with Crippen LogP contribution in [0.25, 0.3) is 0 Å². The third-order valence-electron chi connectivity index (χ3n) is 5.43. The number of hydrogen-bond donors (Lipinski definition) is 5. The number of aliphatic carboxylic acids is 1. The Balaban J connectivity index is 0.000000375. The average Bonchev–Trinajstić information content (AvgIpc) is 2.73. The van der Waals surface area contributed by atoms with E-state index in [4.69, 9.17) is 22.3 Å². The monoisotopic (exact) mass is 420 g/mol. The first kappa shape index (κ1) is 25.6. The van der Waals surface area contributed by atoms with E-state index in [9.17, 15) is 14.4 Å². The standard InChI is InChI=1S/C14H27N3O3.C8H9NO/c15-8-2-1-3-12(14(19)20)17-13(18)11-6-4-10(9-16)5-7-11;1-6(10)7-2-4-8(9)5-3-7/h10-12H,1-9,15-16H2,(H,17,18)(H,19,20);2-5H,9H2,1H3/t10-,11-,12-;/m0./s1. The zero-order chi connectivity index (χ0) is 22.5. The zero-order valence-corrected chi connectivity index (χ0v) is 17.8. The van der Waals surface area contributed by atoms with E-state index < -0.39 is 12.0 Å². The van der Waals surface area contributed by atoms with Crippen molar-refractivity contribution in [2.24, 2.45) is 23.3 Å². The van der Waals surface area contributed by atoms with Gasteiger partial charge in [-0.25, -0.2) is 4.79 Å². The fraction of sp³-hybridized carbons (Fsp3) is 0.591. The van der Waals surface area contributed by atoms with Crippen molar-refractivity contribution in [1.82, 2.24) is 5.32 Å². The highest BCUT2D eigenvalue weighted by atomic mass is 16.4.